The molecule has 2 fully saturated rings. The van der Waals surface area contributed by atoms with Crippen molar-refractivity contribution < 1.29 is 9.21 Å². The van der Waals surface area contributed by atoms with E-state index in [1.807, 2.05) is 24.3 Å². The zero-order chi connectivity index (χ0) is 12.8. The van der Waals surface area contributed by atoms with Gasteiger partial charge in [-0.3, -0.25) is 4.79 Å². The lowest BCUT2D eigenvalue weighted by molar-refractivity contribution is 0.0924. The number of nitrogens with zero attached hydrogens (tertiary/aromatic N) is 1. The first-order chi connectivity index (χ1) is 9.29. The quantitative estimate of drug-likeness (QED) is 0.892. The third-order valence-corrected chi connectivity index (χ3v) is 4.36. The fraction of sp³-hybridized carbons (Fsp3) is 0.400. The van der Waals surface area contributed by atoms with Crippen molar-refractivity contribution in [3.05, 3.63) is 36.1 Å². The van der Waals surface area contributed by atoms with E-state index in [0.717, 1.165) is 24.1 Å². The number of hydrogen-bond acceptors (Lipinski definition) is 3. The molecule has 1 unspecified atom stereocenters. The first-order valence-corrected chi connectivity index (χ1v) is 6.80. The van der Waals surface area contributed by atoms with Gasteiger partial charge in [0.1, 0.15) is 5.58 Å². The van der Waals surface area contributed by atoms with Gasteiger partial charge in [-0.2, -0.15) is 0 Å². The van der Waals surface area contributed by atoms with Crippen LogP contribution in [0.2, 0.25) is 0 Å². The molecule has 1 amide bonds. The Kier molecular flexibility index (Phi) is 2.38. The topological polar surface area (TPSA) is 45.5 Å². The summed E-state index contributed by atoms with van der Waals surface area (Å²) in [6.07, 6.45) is 2.86. The molecule has 3 heterocycles. The van der Waals surface area contributed by atoms with E-state index in [2.05, 4.69) is 10.2 Å². The molecule has 2 saturated heterocycles. The summed E-state index contributed by atoms with van der Waals surface area (Å²) in [4.78, 5) is 14.7. The zero-order valence-electron chi connectivity index (χ0n) is 10.6. The van der Waals surface area contributed by atoms with E-state index in [1.54, 1.807) is 6.26 Å². The van der Waals surface area contributed by atoms with Crippen LogP contribution in [0.1, 0.15) is 16.8 Å². The molecule has 1 aromatic heterocycles. The number of benzene rings is 1. The molecule has 19 heavy (non-hydrogen) atoms. The summed E-state index contributed by atoms with van der Waals surface area (Å²) >= 11 is 0. The Bertz CT molecular complexity index is 634. The number of rotatable bonds is 2. The van der Waals surface area contributed by atoms with Gasteiger partial charge >= 0.3 is 0 Å². The van der Waals surface area contributed by atoms with E-state index >= 15 is 0 Å². The molecule has 2 aromatic rings. The lowest BCUT2D eigenvalue weighted by Crippen LogP contribution is -2.43. The minimum Gasteiger partial charge on any atom is -0.464 e. The molecule has 0 saturated carbocycles. The molecule has 2 aliphatic heterocycles. The van der Waals surface area contributed by atoms with Crippen LogP contribution in [0.25, 0.3) is 11.0 Å². The summed E-state index contributed by atoms with van der Waals surface area (Å²) < 4.78 is 5.29. The Morgan fingerprint density at radius 2 is 2.26 bits per heavy atom. The van der Waals surface area contributed by atoms with E-state index in [4.69, 9.17) is 4.42 Å². The van der Waals surface area contributed by atoms with E-state index in [-0.39, 0.29) is 5.91 Å². The van der Waals surface area contributed by atoms with Crippen molar-refractivity contribution in [1.29, 1.82) is 0 Å². The average molecular weight is 256 g/mol. The number of hydrogen-bond donors (Lipinski definition) is 1. The van der Waals surface area contributed by atoms with Crippen molar-refractivity contribution in [3.8, 4) is 0 Å². The SMILES string of the molecule is O=C(N[C@H]1CN2CC[C@H]1C2)c1ccc2occc2c1. The lowest BCUT2D eigenvalue weighted by atomic mass is 9.99. The van der Waals surface area contributed by atoms with Crippen LogP contribution in [0, 0.1) is 5.92 Å². The Morgan fingerprint density at radius 3 is 3.05 bits per heavy atom. The van der Waals surface area contributed by atoms with E-state index in [9.17, 15) is 4.79 Å². The maximum Gasteiger partial charge on any atom is 0.251 e. The van der Waals surface area contributed by atoms with Crippen LogP contribution in [0.15, 0.2) is 34.9 Å². The Morgan fingerprint density at radius 1 is 1.32 bits per heavy atom. The van der Waals surface area contributed by atoms with Crippen molar-refractivity contribution in [3.63, 3.8) is 0 Å². The van der Waals surface area contributed by atoms with Gasteiger partial charge in [-0.1, -0.05) is 0 Å². The predicted molar refractivity (Wildman–Crippen MR) is 72.0 cm³/mol. The van der Waals surface area contributed by atoms with Gasteiger partial charge in [0.05, 0.1) is 6.26 Å². The second-order valence-corrected chi connectivity index (χ2v) is 5.56. The lowest BCUT2D eigenvalue weighted by Gasteiger charge is -2.23. The summed E-state index contributed by atoms with van der Waals surface area (Å²) in [5.74, 6) is 0.670. The number of amides is 1. The number of carbonyl (C=O) groups excluding carboxylic acids is 1. The normalized spacial score (nSPS) is 28.9. The van der Waals surface area contributed by atoms with Gasteiger partial charge in [0.15, 0.2) is 0 Å². The molecule has 98 valence electrons. The van der Waals surface area contributed by atoms with Crippen LogP contribution in [0.3, 0.4) is 0 Å². The molecule has 2 aliphatic rings. The molecule has 0 radical (unpaired) electrons. The molecule has 4 heteroatoms. The molecule has 4 nitrogen and oxygen atoms in total. The fourth-order valence-corrected chi connectivity index (χ4v) is 3.31. The van der Waals surface area contributed by atoms with E-state index < -0.39 is 0 Å². The molecule has 4 rings (SSSR count). The highest BCUT2D eigenvalue weighted by atomic mass is 16.3. The van der Waals surface area contributed by atoms with Crippen molar-refractivity contribution in [2.45, 2.75) is 12.5 Å². The number of furan rings is 1. The van der Waals surface area contributed by atoms with Crippen LogP contribution < -0.4 is 5.32 Å². The first kappa shape index (κ1) is 11.1. The van der Waals surface area contributed by atoms with Gasteiger partial charge in [0, 0.05) is 30.1 Å². The molecule has 0 spiro atoms. The summed E-state index contributed by atoms with van der Waals surface area (Å²) in [7, 11) is 0. The average Bonchev–Trinajstić information content (AvgIpc) is 3.13. The smallest absolute Gasteiger partial charge is 0.251 e. The van der Waals surface area contributed by atoms with Crippen LogP contribution in [0.5, 0.6) is 0 Å². The minimum absolute atomic E-state index is 0.0295. The third kappa shape index (κ3) is 1.83. The van der Waals surface area contributed by atoms with Gasteiger partial charge in [0.25, 0.3) is 5.91 Å². The van der Waals surface area contributed by atoms with Crippen LogP contribution >= 0.6 is 0 Å². The third-order valence-electron chi connectivity index (χ3n) is 4.36. The van der Waals surface area contributed by atoms with Crippen molar-refractivity contribution >= 4 is 16.9 Å². The summed E-state index contributed by atoms with van der Waals surface area (Å²) in [6, 6.07) is 7.78. The second-order valence-electron chi connectivity index (χ2n) is 5.56. The van der Waals surface area contributed by atoms with Gasteiger partial charge in [0.2, 0.25) is 0 Å². The molecular formula is C15H16N2O2. The Labute approximate surface area is 111 Å². The Balaban J connectivity index is 1.53. The fourth-order valence-electron chi connectivity index (χ4n) is 3.31. The summed E-state index contributed by atoms with van der Waals surface area (Å²) in [6.45, 7) is 3.34. The summed E-state index contributed by atoms with van der Waals surface area (Å²) in [5, 5.41) is 4.15. The summed E-state index contributed by atoms with van der Waals surface area (Å²) in [5.41, 5.74) is 1.54. The Hall–Kier alpha value is -1.81. The molecule has 1 N–H and O–H groups in total. The number of piperidine rings is 1. The van der Waals surface area contributed by atoms with Crippen LogP contribution in [0.4, 0.5) is 0 Å². The van der Waals surface area contributed by atoms with Crippen molar-refractivity contribution in [2.24, 2.45) is 5.92 Å². The highest BCUT2D eigenvalue weighted by Gasteiger charge is 2.38. The maximum absolute atomic E-state index is 12.3. The molecule has 3 atom stereocenters. The number of carbonyl (C=O) groups is 1. The largest absolute Gasteiger partial charge is 0.464 e. The second kappa shape index (κ2) is 4.10. The molecule has 1 aromatic carbocycles. The van der Waals surface area contributed by atoms with Gasteiger partial charge in [-0.15, -0.1) is 0 Å². The van der Waals surface area contributed by atoms with Gasteiger partial charge < -0.3 is 14.6 Å². The number of nitrogens with one attached hydrogen (secondary N) is 1. The molecular weight excluding hydrogens is 240 g/mol. The van der Waals surface area contributed by atoms with Crippen molar-refractivity contribution in [2.75, 3.05) is 19.6 Å². The van der Waals surface area contributed by atoms with E-state index in [1.165, 1.54) is 13.0 Å². The molecule has 2 bridgehead atoms. The predicted octanol–water partition coefficient (Wildman–Crippen LogP) is 1.87. The first-order valence-electron chi connectivity index (χ1n) is 6.80. The highest BCUT2D eigenvalue weighted by Crippen LogP contribution is 2.28. The van der Waals surface area contributed by atoms with E-state index in [0.29, 0.717) is 17.5 Å². The zero-order valence-corrected chi connectivity index (χ0v) is 10.6. The van der Waals surface area contributed by atoms with Crippen molar-refractivity contribution in [1.82, 2.24) is 10.2 Å². The van der Waals surface area contributed by atoms with Crippen LogP contribution in [-0.4, -0.2) is 36.5 Å². The molecule has 0 aliphatic carbocycles. The standard InChI is InChI=1S/C15H16N2O2/c18-15(16-13-9-17-5-3-12(13)8-17)11-1-2-14-10(7-11)4-6-19-14/h1-2,4,6-7,12-13H,3,5,8-9H2,(H,16,18)/t12-,13-/m0/s1. The number of fused-ring (bicyclic) bond motifs is 3. The maximum atomic E-state index is 12.3. The van der Waals surface area contributed by atoms with Gasteiger partial charge in [-0.05, 0) is 43.1 Å². The van der Waals surface area contributed by atoms with Gasteiger partial charge in [-0.25, -0.2) is 0 Å². The van der Waals surface area contributed by atoms with Crippen LogP contribution in [-0.2, 0) is 0 Å². The highest BCUT2D eigenvalue weighted by molar-refractivity contribution is 5.97. The minimum atomic E-state index is 0.0295. The monoisotopic (exact) mass is 256 g/mol.